The van der Waals surface area contributed by atoms with Gasteiger partial charge in [0, 0.05) is 6.04 Å². The molecule has 158 valence electrons. The standard InChI is InChI=1S/C20H19ClF3N5O/c1-13(14-3-6-16(7-4-14)29-12-25-11-26-29)28(2)10-19(30)27-18-9-15(20(22,23)24)5-8-17(18)21/h3-9,11-13H,10H2,1-2H3,(H,27,30)/t13-/m0/s1. The molecule has 3 aromatic rings. The summed E-state index contributed by atoms with van der Waals surface area (Å²) in [5.74, 6) is -0.468. The number of rotatable bonds is 6. The number of carbonyl (C=O) groups excluding carboxylic acids is 1. The predicted molar refractivity (Wildman–Crippen MR) is 107 cm³/mol. The van der Waals surface area contributed by atoms with E-state index in [1.165, 1.54) is 6.33 Å². The van der Waals surface area contributed by atoms with Gasteiger partial charge < -0.3 is 5.32 Å². The number of hydrogen-bond donors (Lipinski definition) is 1. The van der Waals surface area contributed by atoms with E-state index in [9.17, 15) is 18.0 Å². The molecule has 0 radical (unpaired) electrons. The molecule has 3 rings (SSSR count). The lowest BCUT2D eigenvalue weighted by Crippen LogP contribution is -2.32. The number of benzene rings is 2. The van der Waals surface area contributed by atoms with Gasteiger partial charge in [-0.15, -0.1) is 0 Å². The molecule has 0 saturated heterocycles. The van der Waals surface area contributed by atoms with Gasteiger partial charge in [-0.25, -0.2) is 9.67 Å². The highest BCUT2D eigenvalue weighted by molar-refractivity contribution is 6.33. The van der Waals surface area contributed by atoms with Crippen LogP contribution in [-0.2, 0) is 11.0 Å². The highest BCUT2D eigenvalue weighted by atomic mass is 35.5. The fraction of sp³-hybridized carbons (Fsp3) is 0.250. The molecule has 6 nitrogen and oxygen atoms in total. The van der Waals surface area contributed by atoms with Gasteiger partial charge in [-0.05, 0) is 49.9 Å². The minimum atomic E-state index is -4.52. The molecule has 0 aliphatic heterocycles. The van der Waals surface area contributed by atoms with Gasteiger partial charge in [-0.3, -0.25) is 9.69 Å². The average Bonchev–Trinajstić information content (AvgIpc) is 3.23. The Labute approximate surface area is 176 Å². The summed E-state index contributed by atoms with van der Waals surface area (Å²) in [6, 6.07) is 10.3. The van der Waals surface area contributed by atoms with Crippen LogP contribution in [0.15, 0.2) is 55.1 Å². The summed E-state index contributed by atoms with van der Waals surface area (Å²) in [5.41, 5.74) is 0.862. The van der Waals surface area contributed by atoms with E-state index in [4.69, 9.17) is 11.6 Å². The number of halogens is 4. The first kappa shape index (κ1) is 21.8. The maximum Gasteiger partial charge on any atom is 0.416 e. The van der Waals surface area contributed by atoms with Gasteiger partial charge in [0.15, 0.2) is 0 Å². The highest BCUT2D eigenvalue weighted by Crippen LogP contribution is 2.33. The van der Waals surface area contributed by atoms with Crippen molar-refractivity contribution in [2.45, 2.75) is 19.1 Å². The van der Waals surface area contributed by atoms with Crippen LogP contribution in [0.5, 0.6) is 0 Å². The maximum absolute atomic E-state index is 12.9. The lowest BCUT2D eigenvalue weighted by molar-refractivity contribution is -0.137. The van der Waals surface area contributed by atoms with E-state index < -0.39 is 17.6 Å². The number of aromatic nitrogens is 3. The smallest absolute Gasteiger partial charge is 0.324 e. The van der Waals surface area contributed by atoms with Gasteiger partial charge in [0.25, 0.3) is 0 Å². The zero-order valence-electron chi connectivity index (χ0n) is 16.2. The molecule has 1 amide bonds. The average molecular weight is 438 g/mol. The van der Waals surface area contributed by atoms with Crippen LogP contribution in [0.2, 0.25) is 5.02 Å². The number of likely N-dealkylation sites (N-methyl/N-ethyl adjacent to an activating group) is 1. The fourth-order valence-corrected chi connectivity index (χ4v) is 3.02. The highest BCUT2D eigenvalue weighted by Gasteiger charge is 2.31. The molecule has 2 aromatic carbocycles. The number of amides is 1. The van der Waals surface area contributed by atoms with Crippen molar-refractivity contribution in [2.24, 2.45) is 0 Å². The molecule has 30 heavy (non-hydrogen) atoms. The lowest BCUT2D eigenvalue weighted by Gasteiger charge is -2.25. The molecule has 1 N–H and O–H groups in total. The number of anilines is 1. The fourth-order valence-electron chi connectivity index (χ4n) is 2.85. The van der Waals surface area contributed by atoms with Crippen molar-refractivity contribution in [3.05, 3.63) is 71.3 Å². The Morgan fingerprint density at radius 1 is 1.23 bits per heavy atom. The third-order valence-corrected chi connectivity index (χ3v) is 5.01. The summed E-state index contributed by atoms with van der Waals surface area (Å²) in [7, 11) is 1.75. The van der Waals surface area contributed by atoms with Gasteiger partial charge >= 0.3 is 6.18 Å². The first-order chi connectivity index (χ1) is 14.1. The summed E-state index contributed by atoms with van der Waals surface area (Å²) < 4.78 is 40.3. The summed E-state index contributed by atoms with van der Waals surface area (Å²) in [6.07, 6.45) is -1.48. The topological polar surface area (TPSA) is 63.1 Å². The summed E-state index contributed by atoms with van der Waals surface area (Å²) in [4.78, 5) is 18.1. The summed E-state index contributed by atoms with van der Waals surface area (Å²) in [6.45, 7) is 1.90. The zero-order chi connectivity index (χ0) is 21.9. The third kappa shape index (κ3) is 5.17. The molecule has 1 heterocycles. The molecule has 0 aliphatic rings. The van der Waals surface area contributed by atoms with Crippen molar-refractivity contribution in [1.82, 2.24) is 19.7 Å². The monoisotopic (exact) mass is 437 g/mol. The van der Waals surface area contributed by atoms with Crippen LogP contribution in [0.25, 0.3) is 5.69 Å². The van der Waals surface area contributed by atoms with Crippen molar-refractivity contribution in [1.29, 1.82) is 0 Å². The van der Waals surface area contributed by atoms with Crippen molar-refractivity contribution >= 4 is 23.2 Å². The second kappa shape index (κ2) is 8.85. The van der Waals surface area contributed by atoms with Gasteiger partial charge in [-0.1, -0.05) is 23.7 Å². The van der Waals surface area contributed by atoms with Gasteiger partial charge in [0.1, 0.15) is 12.7 Å². The minimum absolute atomic E-state index is 0.0292. The molecular formula is C20H19ClF3N5O. The molecular weight excluding hydrogens is 419 g/mol. The molecule has 0 bridgehead atoms. The largest absolute Gasteiger partial charge is 0.416 e. The van der Waals surface area contributed by atoms with Crippen LogP contribution in [0, 0.1) is 0 Å². The van der Waals surface area contributed by atoms with E-state index in [0.717, 1.165) is 29.4 Å². The van der Waals surface area contributed by atoms with Gasteiger partial charge in [0.05, 0.1) is 28.5 Å². The van der Waals surface area contributed by atoms with Crippen LogP contribution < -0.4 is 5.32 Å². The number of nitrogens with one attached hydrogen (secondary N) is 1. The second-order valence-corrected chi connectivity index (χ2v) is 7.17. The van der Waals surface area contributed by atoms with Crippen LogP contribution >= 0.6 is 11.6 Å². The zero-order valence-corrected chi connectivity index (χ0v) is 16.9. The Balaban J connectivity index is 1.64. The van der Waals surface area contributed by atoms with Crippen molar-refractivity contribution in [3.63, 3.8) is 0 Å². The summed E-state index contributed by atoms with van der Waals surface area (Å²) in [5, 5.41) is 6.56. The van der Waals surface area contributed by atoms with Crippen molar-refractivity contribution in [3.8, 4) is 5.69 Å². The van der Waals surface area contributed by atoms with Crippen molar-refractivity contribution < 1.29 is 18.0 Å². The second-order valence-electron chi connectivity index (χ2n) is 6.76. The Bertz CT molecular complexity index is 1010. The van der Waals surface area contributed by atoms with E-state index in [1.54, 1.807) is 23.0 Å². The van der Waals surface area contributed by atoms with E-state index in [1.807, 2.05) is 31.2 Å². The molecule has 0 saturated carbocycles. The van der Waals surface area contributed by atoms with Gasteiger partial charge in [0.2, 0.25) is 5.91 Å². The minimum Gasteiger partial charge on any atom is -0.324 e. The molecule has 1 atom stereocenters. The molecule has 0 fully saturated rings. The third-order valence-electron chi connectivity index (χ3n) is 4.68. The van der Waals surface area contributed by atoms with E-state index in [0.29, 0.717) is 0 Å². The van der Waals surface area contributed by atoms with E-state index >= 15 is 0 Å². The quantitative estimate of drug-likeness (QED) is 0.613. The van der Waals surface area contributed by atoms with Crippen LogP contribution in [0.1, 0.15) is 24.1 Å². The SMILES string of the molecule is C[C@@H](c1ccc(-n2cncn2)cc1)N(C)CC(=O)Nc1cc(C(F)(F)F)ccc1Cl. The van der Waals surface area contributed by atoms with E-state index in [-0.39, 0.29) is 23.3 Å². The molecule has 10 heteroatoms. The summed E-state index contributed by atoms with van der Waals surface area (Å²) >= 11 is 5.94. The molecule has 0 spiro atoms. The van der Waals surface area contributed by atoms with Crippen LogP contribution in [0.4, 0.5) is 18.9 Å². The lowest BCUT2D eigenvalue weighted by atomic mass is 10.1. The molecule has 0 aliphatic carbocycles. The Hall–Kier alpha value is -2.91. The van der Waals surface area contributed by atoms with E-state index in [2.05, 4.69) is 15.4 Å². The Morgan fingerprint density at radius 2 is 1.93 bits per heavy atom. The number of carbonyl (C=O) groups is 1. The maximum atomic E-state index is 12.9. The molecule has 0 unspecified atom stereocenters. The Morgan fingerprint density at radius 3 is 2.53 bits per heavy atom. The number of nitrogens with zero attached hydrogens (tertiary/aromatic N) is 4. The first-order valence-corrected chi connectivity index (χ1v) is 9.35. The Kier molecular flexibility index (Phi) is 6.42. The normalized spacial score (nSPS) is 12.8. The number of alkyl halides is 3. The first-order valence-electron chi connectivity index (χ1n) is 8.97. The molecule has 1 aromatic heterocycles. The van der Waals surface area contributed by atoms with Crippen LogP contribution in [-0.4, -0.2) is 39.2 Å². The van der Waals surface area contributed by atoms with Gasteiger partial charge in [-0.2, -0.15) is 18.3 Å². The predicted octanol–water partition coefficient (Wildman–Crippen LogP) is 4.57. The number of hydrogen-bond acceptors (Lipinski definition) is 4. The van der Waals surface area contributed by atoms with Crippen LogP contribution in [0.3, 0.4) is 0 Å². The van der Waals surface area contributed by atoms with Crippen molar-refractivity contribution in [2.75, 3.05) is 18.9 Å².